The molecule has 2 saturated heterocycles. The van der Waals surface area contributed by atoms with Crippen molar-refractivity contribution in [3.05, 3.63) is 35.9 Å². The van der Waals surface area contributed by atoms with Gasteiger partial charge in [0.1, 0.15) is 11.5 Å². The molecule has 2 heterocycles. The van der Waals surface area contributed by atoms with Crippen molar-refractivity contribution in [1.82, 2.24) is 15.8 Å². The second-order valence-electron chi connectivity index (χ2n) is 7.70. The number of ether oxygens (including phenoxy) is 1. The van der Waals surface area contributed by atoms with Crippen LogP contribution in [0.4, 0.5) is 4.79 Å². The number of amides is 4. The maximum atomic E-state index is 13.1. The number of urea groups is 1. The molecule has 0 radical (unpaired) electrons. The van der Waals surface area contributed by atoms with E-state index in [9.17, 15) is 19.2 Å². The van der Waals surface area contributed by atoms with E-state index < -0.39 is 23.4 Å². The Kier molecular flexibility index (Phi) is 6.71. The van der Waals surface area contributed by atoms with E-state index in [2.05, 4.69) is 10.7 Å². The first-order chi connectivity index (χ1) is 14.4. The predicted molar refractivity (Wildman–Crippen MR) is 107 cm³/mol. The second-order valence-corrected chi connectivity index (χ2v) is 7.70. The number of nitrogens with one attached hydrogen (secondary N) is 3. The van der Waals surface area contributed by atoms with Crippen LogP contribution in [-0.4, -0.2) is 55.1 Å². The van der Waals surface area contributed by atoms with Crippen molar-refractivity contribution in [3.8, 4) is 0 Å². The average molecular weight is 417 g/mol. The fraction of sp³-hybridized carbons (Fsp3) is 0.524. The standard InChI is InChI=1S/C21H28N4O5/c1-3-21(16-10-6-5-7-11-16)19(28)25(20(29)22-21)23-17(26)14-24-12-8-9-15(13-24)18(27)30-4-2/h5-7,10-11,15H,3-4,8-9,12-14H2,1-2H3,(H,22,29)(H,23,26)/p+1/t15-,21-/m0/s1. The number of quaternary nitrogens is 1. The first-order valence-electron chi connectivity index (χ1n) is 10.4. The van der Waals surface area contributed by atoms with Crippen LogP contribution in [0, 0.1) is 5.92 Å². The summed E-state index contributed by atoms with van der Waals surface area (Å²) in [5.74, 6) is -1.42. The quantitative estimate of drug-likeness (QED) is 0.418. The molecule has 3 rings (SSSR count). The predicted octanol–water partition coefficient (Wildman–Crippen LogP) is -0.267. The van der Waals surface area contributed by atoms with Crippen LogP contribution >= 0.6 is 0 Å². The molecule has 3 N–H and O–H groups in total. The van der Waals surface area contributed by atoms with E-state index in [-0.39, 0.29) is 18.4 Å². The van der Waals surface area contributed by atoms with Crippen LogP contribution in [-0.2, 0) is 24.7 Å². The van der Waals surface area contributed by atoms with Crippen molar-refractivity contribution in [2.24, 2.45) is 5.92 Å². The number of nitrogens with zero attached hydrogens (tertiary/aromatic N) is 1. The Balaban J connectivity index is 1.63. The van der Waals surface area contributed by atoms with Gasteiger partial charge in [-0.25, -0.2) is 4.79 Å². The SMILES string of the molecule is CCOC(=O)[C@H]1CCC[NH+](CC(=O)NN2C(=O)N[C@@](CC)(c3ccccc3)C2=O)C1. The van der Waals surface area contributed by atoms with Gasteiger partial charge in [-0.05, 0) is 31.7 Å². The summed E-state index contributed by atoms with van der Waals surface area (Å²) in [6, 6.07) is 8.33. The number of hydrazine groups is 1. The third-order valence-electron chi connectivity index (χ3n) is 5.77. The minimum atomic E-state index is -1.20. The van der Waals surface area contributed by atoms with Gasteiger partial charge in [-0.15, -0.1) is 0 Å². The summed E-state index contributed by atoms with van der Waals surface area (Å²) >= 11 is 0. The summed E-state index contributed by atoms with van der Waals surface area (Å²) < 4.78 is 5.09. The van der Waals surface area contributed by atoms with E-state index >= 15 is 0 Å². The molecule has 3 atom stereocenters. The lowest BCUT2D eigenvalue weighted by Gasteiger charge is -2.28. The Morgan fingerprint density at radius 1 is 1.27 bits per heavy atom. The molecule has 1 aromatic rings. The zero-order chi connectivity index (χ0) is 21.7. The minimum Gasteiger partial charge on any atom is -0.466 e. The molecule has 9 heteroatoms. The van der Waals surface area contributed by atoms with Crippen molar-refractivity contribution < 1.29 is 28.8 Å². The number of esters is 1. The van der Waals surface area contributed by atoms with Crippen LogP contribution in [0.15, 0.2) is 30.3 Å². The lowest BCUT2D eigenvalue weighted by molar-refractivity contribution is -0.899. The van der Waals surface area contributed by atoms with Crippen LogP contribution in [0.1, 0.15) is 38.7 Å². The van der Waals surface area contributed by atoms with Crippen LogP contribution in [0.5, 0.6) is 0 Å². The average Bonchev–Trinajstić information content (AvgIpc) is 3.00. The molecule has 9 nitrogen and oxygen atoms in total. The van der Waals surface area contributed by atoms with Crippen molar-refractivity contribution in [2.75, 3.05) is 26.2 Å². The van der Waals surface area contributed by atoms with Gasteiger partial charge in [0.2, 0.25) is 0 Å². The van der Waals surface area contributed by atoms with Crippen molar-refractivity contribution in [1.29, 1.82) is 0 Å². The zero-order valence-corrected chi connectivity index (χ0v) is 17.4. The molecule has 0 aliphatic carbocycles. The lowest BCUT2D eigenvalue weighted by atomic mass is 9.87. The van der Waals surface area contributed by atoms with Gasteiger partial charge >= 0.3 is 12.0 Å². The van der Waals surface area contributed by atoms with Crippen LogP contribution in [0.3, 0.4) is 0 Å². The molecule has 162 valence electrons. The number of likely N-dealkylation sites (tertiary alicyclic amines) is 1. The van der Waals surface area contributed by atoms with Gasteiger partial charge in [0.25, 0.3) is 11.8 Å². The Bertz CT molecular complexity index is 815. The maximum Gasteiger partial charge on any atom is 0.344 e. The summed E-state index contributed by atoms with van der Waals surface area (Å²) in [6.07, 6.45) is 1.90. The van der Waals surface area contributed by atoms with E-state index in [1.807, 2.05) is 13.0 Å². The normalized spacial score (nSPS) is 26.3. The molecular formula is C21H29N4O5+. The van der Waals surface area contributed by atoms with Gasteiger partial charge in [-0.3, -0.25) is 19.8 Å². The van der Waals surface area contributed by atoms with Gasteiger partial charge in [0.05, 0.1) is 19.7 Å². The lowest BCUT2D eigenvalue weighted by Crippen LogP contribution is -3.15. The van der Waals surface area contributed by atoms with E-state index in [1.165, 1.54) is 0 Å². The Hall–Kier alpha value is -2.94. The molecule has 0 spiro atoms. The molecule has 0 bridgehead atoms. The minimum absolute atomic E-state index is 0.0669. The van der Waals surface area contributed by atoms with Crippen LogP contribution in [0.25, 0.3) is 0 Å². The summed E-state index contributed by atoms with van der Waals surface area (Å²) in [5.41, 5.74) is 1.92. The number of benzene rings is 1. The maximum absolute atomic E-state index is 13.1. The third kappa shape index (κ3) is 4.30. The van der Waals surface area contributed by atoms with Gasteiger partial charge < -0.3 is 15.0 Å². The van der Waals surface area contributed by atoms with Crippen molar-refractivity contribution in [3.63, 3.8) is 0 Å². The van der Waals surface area contributed by atoms with E-state index in [0.29, 0.717) is 25.1 Å². The Labute approximate surface area is 175 Å². The molecule has 2 aliphatic rings. The Morgan fingerprint density at radius 2 is 2.00 bits per heavy atom. The summed E-state index contributed by atoms with van der Waals surface area (Å²) in [5, 5.41) is 3.50. The fourth-order valence-corrected chi connectivity index (χ4v) is 4.20. The van der Waals surface area contributed by atoms with Gasteiger partial charge in [-0.1, -0.05) is 37.3 Å². The van der Waals surface area contributed by atoms with Gasteiger partial charge in [0, 0.05) is 0 Å². The number of carbonyl (C=O) groups excluding carboxylic acids is 4. The van der Waals surface area contributed by atoms with E-state index in [4.69, 9.17) is 4.74 Å². The van der Waals surface area contributed by atoms with Crippen molar-refractivity contribution in [2.45, 2.75) is 38.6 Å². The number of piperidine rings is 1. The topological polar surface area (TPSA) is 109 Å². The summed E-state index contributed by atoms with van der Waals surface area (Å²) in [4.78, 5) is 51.0. The number of hydrogen-bond donors (Lipinski definition) is 3. The second kappa shape index (κ2) is 9.25. The highest BCUT2D eigenvalue weighted by Crippen LogP contribution is 2.31. The van der Waals surface area contributed by atoms with Crippen LogP contribution in [0.2, 0.25) is 0 Å². The van der Waals surface area contributed by atoms with Gasteiger partial charge in [0.15, 0.2) is 6.54 Å². The van der Waals surface area contributed by atoms with Crippen molar-refractivity contribution >= 4 is 23.8 Å². The molecule has 1 aromatic carbocycles. The highest BCUT2D eigenvalue weighted by atomic mass is 16.5. The monoisotopic (exact) mass is 417 g/mol. The molecule has 0 aromatic heterocycles. The largest absolute Gasteiger partial charge is 0.466 e. The molecule has 30 heavy (non-hydrogen) atoms. The number of imide groups is 1. The molecular weight excluding hydrogens is 388 g/mol. The first-order valence-corrected chi connectivity index (χ1v) is 10.4. The number of rotatable bonds is 7. The molecule has 4 amide bonds. The fourth-order valence-electron chi connectivity index (χ4n) is 4.20. The smallest absolute Gasteiger partial charge is 0.344 e. The first kappa shape index (κ1) is 21.8. The number of hydrogen-bond acceptors (Lipinski definition) is 5. The van der Waals surface area contributed by atoms with E-state index in [0.717, 1.165) is 29.3 Å². The van der Waals surface area contributed by atoms with Gasteiger partial charge in [-0.2, -0.15) is 5.01 Å². The molecule has 2 fully saturated rings. The highest BCUT2D eigenvalue weighted by molar-refractivity contribution is 6.08. The zero-order valence-electron chi connectivity index (χ0n) is 17.4. The summed E-state index contributed by atoms with van der Waals surface area (Å²) in [6.45, 7) is 5.21. The highest BCUT2D eigenvalue weighted by Gasteiger charge is 2.52. The summed E-state index contributed by atoms with van der Waals surface area (Å²) in [7, 11) is 0. The van der Waals surface area contributed by atoms with E-state index in [1.54, 1.807) is 31.2 Å². The molecule has 0 saturated carbocycles. The molecule has 1 unspecified atom stereocenters. The third-order valence-corrected chi connectivity index (χ3v) is 5.77. The Morgan fingerprint density at radius 3 is 2.67 bits per heavy atom. The molecule has 2 aliphatic heterocycles. The van der Waals surface area contributed by atoms with Crippen LogP contribution < -0.4 is 15.6 Å². The number of carbonyl (C=O) groups is 4.